The fraction of sp³-hybridized carbons (Fsp3) is 0.577. The second-order valence-electron chi connectivity index (χ2n) is 9.05. The van der Waals surface area contributed by atoms with E-state index in [1.807, 2.05) is 0 Å². The maximum atomic E-state index is 13.2. The van der Waals surface area contributed by atoms with Gasteiger partial charge >= 0.3 is 0 Å². The molecular formula is C26H36ClN5O3S. The standard InChI is InChI=1S/C26H36ClN5O3S/c1-2-3-4-5-6-7-8-9-10-13-18-28-25(35)21-22(33)19-14-11-12-15-20(19)23(34)24(21)36-26(16-17-27)29-31-32-30-26/h11-12,14-15,33-34H,2-10,13,16-18H2,1H3,(H,28,35). The number of carbonyl (C=O) groups is 1. The number of alkyl halides is 1. The SMILES string of the molecule is CCCCCCCCCCCCNC(=O)c1c(SC2(CCCl)N=NN=N2)c(O)c2ccccc2c1O. The lowest BCUT2D eigenvalue weighted by Gasteiger charge is -2.22. The topological polar surface area (TPSA) is 119 Å². The number of amides is 1. The molecule has 0 saturated carbocycles. The number of fused-ring (bicyclic) bond motifs is 1. The van der Waals surface area contributed by atoms with Crippen LogP contribution >= 0.6 is 23.4 Å². The van der Waals surface area contributed by atoms with Crippen molar-refractivity contribution in [2.45, 2.75) is 87.4 Å². The second-order valence-corrected chi connectivity index (χ2v) is 10.7. The summed E-state index contributed by atoms with van der Waals surface area (Å²) in [6, 6.07) is 6.85. The van der Waals surface area contributed by atoms with E-state index < -0.39 is 10.9 Å². The van der Waals surface area contributed by atoms with E-state index in [1.165, 1.54) is 44.9 Å². The van der Waals surface area contributed by atoms with Crippen LogP contribution in [0.5, 0.6) is 11.5 Å². The number of phenolic OH excluding ortho intramolecular Hbond substituents is 2. The van der Waals surface area contributed by atoms with Crippen LogP contribution in [0.2, 0.25) is 0 Å². The molecule has 8 nitrogen and oxygen atoms in total. The lowest BCUT2D eigenvalue weighted by Crippen LogP contribution is -2.26. The number of nitrogens with one attached hydrogen (secondary N) is 1. The van der Waals surface area contributed by atoms with Crippen LogP contribution in [-0.2, 0) is 0 Å². The first-order valence-corrected chi connectivity index (χ1v) is 14.2. The fourth-order valence-corrected chi connectivity index (χ4v) is 5.83. The van der Waals surface area contributed by atoms with E-state index in [0.717, 1.165) is 31.0 Å². The normalized spacial score (nSPS) is 14.1. The van der Waals surface area contributed by atoms with Crippen molar-refractivity contribution < 1.29 is 15.0 Å². The first kappa shape index (κ1) is 28.2. The summed E-state index contributed by atoms with van der Waals surface area (Å²) in [5.41, 5.74) is -0.00507. The number of rotatable bonds is 16. The van der Waals surface area contributed by atoms with Gasteiger partial charge in [-0.15, -0.1) is 21.8 Å². The number of phenols is 2. The van der Waals surface area contributed by atoms with E-state index in [4.69, 9.17) is 11.6 Å². The maximum Gasteiger partial charge on any atom is 0.256 e. The van der Waals surface area contributed by atoms with Gasteiger partial charge in [0.1, 0.15) is 11.5 Å². The van der Waals surface area contributed by atoms with Gasteiger partial charge in [0, 0.05) is 29.6 Å². The van der Waals surface area contributed by atoms with E-state index in [0.29, 0.717) is 23.7 Å². The number of nitrogens with zero attached hydrogens (tertiary/aromatic N) is 4. The molecule has 0 bridgehead atoms. The third kappa shape index (κ3) is 7.32. The van der Waals surface area contributed by atoms with Crippen LogP contribution < -0.4 is 5.32 Å². The Bertz CT molecular complexity index is 1070. The summed E-state index contributed by atoms with van der Waals surface area (Å²) in [6.45, 7) is 2.72. The average Bonchev–Trinajstić information content (AvgIpc) is 3.34. The molecule has 3 rings (SSSR count). The van der Waals surface area contributed by atoms with Crippen molar-refractivity contribution in [2.75, 3.05) is 12.4 Å². The molecule has 1 amide bonds. The molecule has 196 valence electrons. The zero-order valence-corrected chi connectivity index (χ0v) is 22.5. The molecule has 0 fully saturated rings. The highest BCUT2D eigenvalue weighted by molar-refractivity contribution is 8.00. The molecule has 1 heterocycles. The second kappa shape index (κ2) is 14.4. The van der Waals surface area contributed by atoms with Crippen LogP contribution in [-0.4, -0.2) is 33.5 Å². The molecule has 1 aliphatic heterocycles. The molecule has 0 unspecified atom stereocenters. The fourth-order valence-electron chi connectivity index (χ4n) is 4.27. The number of unbranched alkanes of at least 4 members (excludes halogenated alkanes) is 9. The molecule has 0 spiro atoms. The van der Waals surface area contributed by atoms with Crippen LogP contribution in [0.3, 0.4) is 0 Å². The smallest absolute Gasteiger partial charge is 0.256 e. The maximum absolute atomic E-state index is 13.2. The lowest BCUT2D eigenvalue weighted by atomic mass is 10.0. The van der Waals surface area contributed by atoms with E-state index in [2.05, 4.69) is 32.9 Å². The number of hydrogen-bond donors (Lipinski definition) is 3. The van der Waals surface area contributed by atoms with Crippen LogP contribution in [0.25, 0.3) is 10.8 Å². The minimum absolute atomic E-state index is 0.00507. The Balaban J connectivity index is 1.66. The molecule has 1 aliphatic rings. The molecule has 10 heteroatoms. The number of benzene rings is 2. The van der Waals surface area contributed by atoms with Gasteiger partial charge in [-0.3, -0.25) is 4.79 Å². The van der Waals surface area contributed by atoms with Gasteiger partial charge in [-0.05, 0) is 16.9 Å². The lowest BCUT2D eigenvalue weighted by molar-refractivity contribution is 0.0946. The van der Waals surface area contributed by atoms with E-state index in [-0.39, 0.29) is 27.8 Å². The van der Waals surface area contributed by atoms with Crippen molar-refractivity contribution in [1.29, 1.82) is 0 Å². The van der Waals surface area contributed by atoms with Gasteiger partial charge in [-0.1, -0.05) is 101 Å². The van der Waals surface area contributed by atoms with Crippen LogP contribution in [0.1, 0.15) is 87.9 Å². The zero-order valence-electron chi connectivity index (χ0n) is 20.9. The third-order valence-corrected chi connectivity index (χ3v) is 7.77. The highest BCUT2D eigenvalue weighted by Gasteiger charge is 2.38. The van der Waals surface area contributed by atoms with Gasteiger partial charge in [-0.25, -0.2) is 0 Å². The molecule has 0 atom stereocenters. The van der Waals surface area contributed by atoms with Gasteiger partial charge < -0.3 is 15.5 Å². The summed E-state index contributed by atoms with van der Waals surface area (Å²) in [6.07, 6.45) is 12.3. The van der Waals surface area contributed by atoms with Gasteiger partial charge in [0.2, 0.25) is 4.99 Å². The van der Waals surface area contributed by atoms with Crippen LogP contribution in [0.4, 0.5) is 0 Å². The minimum Gasteiger partial charge on any atom is -0.506 e. The number of halogens is 1. The van der Waals surface area contributed by atoms with Crippen LogP contribution in [0, 0.1) is 0 Å². The average molecular weight is 534 g/mol. The van der Waals surface area contributed by atoms with Gasteiger partial charge in [0.25, 0.3) is 5.91 Å². The van der Waals surface area contributed by atoms with Crippen molar-refractivity contribution in [3.63, 3.8) is 0 Å². The van der Waals surface area contributed by atoms with Gasteiger partial charge in [0.15, 0.2) is 0 Å². The highest BCUT2D eigenvalue weighted by Crippen LogP contribution is 2.51. The first-order valence-electron chi connectivity index (χ1n) is 12.9. The van der Waals surface area contributed by atoms with Gasteiger partial charge in [-0.2, -0.15) is 0 Å². The molecular weight excluding hydrogens is 498 g/mol. The van der Waals surface area contributed by atoms with Gasteiger partial charge in [0.05, 0.1) is 10.5 Å². The number of hydrogen-bond acceptors (Lipinski definition) is 8. The summed E-state index contributed by atoms with van der Waals surface area (Å²) >= 11 is 6.97. The van der Waals surface area contributed by atoms with Crippen molar-refractivity contribution in [2.24, 2.45) is 20.7 Å². The molecule has 3 N–H and O–H groups in total. The first-order chi connectivity index (χ1) is 17.5. The summed E-state index contributed by atoms with van der Waals surface area (Å²) < 4.78 is 0. The molecule has 2 aromatic rings. The molecule has 2 aromatic carbocycles. The van der Waals surface area contributed by atoms with Crippen molar-refractivity contribution in [3.8, 4) is 11.5 Å². The van der Waals surface area contributed by atoms with Crippen molar-refractivity contribution in [3.05, 3.63) is 29.8 Å². The Hall–Kier alpha value is -2.39. The Kier molecular flexibility index (Phi) is 11.3. The summed E-state index contributed by atoms with van der Waals surface area (Å²) in [4.78, 5) is 12.2. The summed E-state index contributed by atoms with van der Waals surface area (Å²) in [7, 11) is 0. The van der Waals surface area contributed by atoms with Crippen LogP contribution in [0.15, 0.2) is 49.8 Å². The Morgan fingerprint density at radius 2 is 1.47 bits per heavy atom. The van der Waals surface area contributed by atoms with E-state index >= 15 is 0 Å². The predicted molar refractivity (Wildman–Crippen MR) is 145 cm³/mol. The Labute approximate surface area is 222 Å². The van der Waals surface area contributed by atoms with Crippen molar-refractivity contribution in [1.82, 2.24) is 5.32 Å². The largest absolute Gasteiger partial charge is 0.506 e. The Morgan fingerprint density at radius 1 is 0.917 bits per heavy atom. The Morgan fingerprint density at radius 3 is 2.06 bits per heavy atom. The minimum atomic E-state index is -1.19. The molecule has 0 saturated heterocycles. The predicted octanol–water partition coefficient (Wildman–Crippen LogP) is 8.11. The number of thioether (sulfide) groups is 1. The number of carbonyl (C=O) groups excluding carboxylic acids is 1. The summed E-state index contributed by atoms with van der Waals surface area (Å²) in [5, 5.41) is 41.3. The highest BCUT2D eigenvalue weighted by atomic mass is 35.5. The van der Waals surface area contributed by atoms with E-state index in [1.54, 1.807) is 24.3 Å². The molecule has 0 radical (unpaired) electrons. The van der Waals surface area contributed by atoms with E-state index in [9.17, 15) is 15.0 Å². The number of aromatic hydroxyl groups is 2. The monoisotopic (exact) mass is 533 g/mol. The molecule has 0 aromatic heterocycles. The zero-order chi connectivity index (χ0) is 25.8. The molecule has 36 heavy (non-hydrogen) atoms. The molecule has 0 aliphatic carbocycles. The quantitative estimate of drug-likeness (QED) is 0.115. The van der Waals surface area contributed by atoms with Crippen molar-refractivity contribution >= 4 is 40.0 Å². The summed E-state index contributed by atoms with van der Waals surface area (Å²) in [5.74, 6) is -0.547. The third-order valence-electron chi connectivity index (χ3n) is 6.29.